The van der Waals surface area contributed by atoms with Crippen molar-refractivity contribution in [3.63, 3.8) is 0 Å². The first-order chi connectivity index (χ1) is 22.6. The van der Waals surface area contributed by atoms with Gasteiger partial charge in [-0.2, -0.15) is 0 Å². The number of sulfonamides is 1. The van der Waals surface area contributed by atoms with Crippen molar-refractivity contribution >= 4 is 62.3 Å². The van der Waals surface area contributed by atoms with Crippen LogP contribution in [0, 0.1) is 0 Å². The van der Waals surface area contributed by atoms with Gasteiger partial charge in [-0.3, -0.25) is 13.9 Å². The van der Waals surface area contributed by atoms with Gasteiger partial charge in [-0.25, -0.2) is 8.42 Å². The summed E-state index contributed by atoms with van der Waals surface area (Å²) in [4.78, 5) is 30.2. The molecule has 4 aromatic rings. The van der Waals surface area contributed by atoms with Gasteiger partial charge in [0.25, 0.3) is 10.0 Å². The second kappa shape index (κ2) is 16.0. The molecule has 2 amide bonds. The Hall–Kier alpha value is -3.56. The molecule has 1 aliphatic rings. The number of amides is 2. The third-order valence-electron chi connectivity index (χ3n) is 8.30. The van der Waals surface area contributed by atoms with E-state index in [1.165, 1.54) is 29.2 Å². The first-order valence-electron chi connectivity index (χ1n) is 15.5. The standard InChI is InChI=1S/C36H36Cl3N3O4S/c37-28-18-20-32(21-19-28)47(45,46)42(31-14-8-3-9-15-31)25-35(43)41(24-27-16-17-29(38)23-33(27)39)34(22-26-10-4-1-5-11-26)36(44)40-30-12-6-2-7-13-30/h1,3-5,8-11,14-21,23,30,34H,2,6-7,12-13,22,24-25H2,(H,40,44)/t34-/m1/s1. The summed E-state index contributed by atoms with van der Waals surface area (Å²) in [6.45, 7) is -0.615. The fourth-order valence-corrected chi connectivity index (χ4v) is 7.80. The van der Waals surface area contributed by atoms with Gasteiger partial charge in [-0.05, 0) is 72.5 Å². The quantitative estimate of drug-likeness (QED) is 0.162. The summed E-state index contributed by atoms with van der Waals surface area (Å²) in [5.74, 6) is -0.872. The molecule has 4 aromatic carbocycles. The average Bonchev–Trinajstić information content (AvgIpc) is 3.07. The predicted molar refractivity (Wildman–Crippen MR) is 188 cm³/mol. The van der Waals surface area contributed by atoms with Gasteiger partial charge in [-0.15, -0.1) is 0 Å². The van der Waals surface area contributed by atoms with Crippen molar-refractivity contribution in [1.29, 1.82) is 0 Å². The summed E-state index contributed by atoms with van der Waals surface area (Å²) in [7, 11) is -4.23. The summed E-state index contributed by atoms with van der Waals surface area (Å²) in [6.07, 6.45) is 5.10. The molecule has 1 saturated carbocycles. The van der Waals surface area contributed by atoms with Crippen molar-refractivity contribution in [2.24, 2.45) is 0 Å². The Morgan fingerprint density at radius 3 is 2.04 bits per heavy atom. The molecule has 0 aromatic heterocycles. The first kappa shape index (κ1) is 34.8. The van der Waals surface area contributed by atoms with Crippen LogP contribution in [0.25, 0.3) is 0 Å². The number of carbonyl (C=O) groups excluding carboxylic acids is 2. The van der Waals surface area contributed by atoms with Gasteiger partial charge in [0.2, 0.25) is 11.8 Å². The lowest BCUT2D eigenvalue weighted by molar-refractivity contribution is -0.140. The highest BCUT2D eigenvalue weighted by Crippen LogP contribution is 2.28. The number of halogens is 3. The molecular formula is C36H36Cl3N3O4S. The molecule has 1 N–H and O–H groups in total. The third kappa shape index (κ3) is 9.08. The zero-order valence-corrected chi connectivity index (χ0v) is 28.8. The van der Waals surface area contributed by atoms with Crippen LogP contribution >= 0.6 is 34.8 Å². The Kier molecular flexibility index (Phi) is 11.9. The normalized spacial score (nSPS) is 14.3. The van der Waals surface area contributed by atoms with E-state index in [1.807, 2.05) is 30.3 Å². The van der Waals surface area contributed by atoms with E-state index in [0.29, 0.717) is 26.3 Å². The minimum Gasteiger partial charge on any atom is -0.352 e. The molecule has 0 heterocycles. The van der Waals surface area contributed by atoms with Crippen LogP contribution in [0.5, 0.6) is 0 Å². The van der Waals surface area contributed by atoms with Gasteiger partial charge in [0.15, 0.2) is 0 Å². The Labute approximate surface area is 291 Å². The Morgan fingerprint density at radius 1 is 0.787 bits per heavy atom. The Bertz CT molecular complexity index is 1770. The minimum atomic E-state index is -4.23. The van der Waals surface area contributed by atoms with Gasteiger partial charge < -0.3 is 10.2 Å². The molecule has 0 unspecified atom stereocenters. The molecule has 1 atom stereocenters. The Morgan fingerprint density at radius 2 is 1.40 bits per heavy atom. The van der Waals surface area contributed by atoms with Crippen LogP contribution in [0.1, 0.15) is 43.2 Å². The average molecular weight is 713 g/mol. The number of nitrogens with one attached hydrogen (secondary N) is 1. The fraction of sp³-hybridized carbons (Fsp3) is 0.278. The smallest absolute Gasteiger partial charge is 0.264 e. The molecule has 11 heteroatoms. The number of anilines is 1. The SMILES string of the molecule is O=C(NC1CCCCC1)[C@@H](Cc1ccccc1)N(Cc1ccc(Cl)cc1Cl)C(=O)CN(c1ccccc1)S(=O)(=O)c1ccc(Cl)cc1. The van der Waals surface area contributed by atoms with E-state index in [4.69, 9.17) is 34.8 Å². The van der Waals surface area contributed by atoms with E-state index in [-0.39, 0.29) is 29.8 Å². The molecule has 0 aliphatic heterocycles. The van der Waals surface area contributed by atoms with Gasteiger partial charge >= 0.3 is 0 Å². The zero-order chi connectivity index (χ0) is 33.4. The van der Waals surface area contributed by atoms with E-state index in [9.17, 15) is 18.0 Å². The number of hydrogen-bond acceptors (Lipinski definition) is 4. The molecule has 7 nitrogen and oxygen atoms in total. The maximum absolute atomic E-state index is 14.6. The summed E-state index contributed by atoms with van der Waals surface area (Å²) < 4.78 is 29.3. The molecule has 1 fully saturated rings. The number of nitrogens with zero attached hydrogens (tertiary/aromatic N) is 2. The largest absolute Gasteiger partial charge is 0.352 e. The maximum Gasteiger partial charge on any atom is 0.264 e. The van der Waals surface area contributed by atoms with Crippen molar-refractivity contribution in [2.75, 3.05) is 10.8 Å². The van der Waals surface area contributed by atoms with E-state index in [2.05, 4.69) is 5.32 Å². The highest BCUT2D eigenvalue weighted by Gasteiger charge is 2.35. The highest BCUT2D eigenvalue weighted by atomic mass is 35.5. The van der Waals surface area contributed by atoms with Crippen molar-refractivity contribution in [3.8, 4) is 0 Å². The Balaban J connectivity index is 1.56. The molecule has 0 saturated heterocycles. The van der Waals surface area contributed by atoms with E-state index in [1.54, 1.807) is 48.5 Å². The lowest BCUT2D eigenvalue weighted by atomic mass is 9.94. The molecule has 0 bridgehead atoms. The molecule has 0 radical (unpaired) electrons. The molecule has 47 heavy (non-hydrogen) atoms. The first-order valence-corrected chi connectivity index (χ1v) is 18.1. The summed E-state index contributed by atoms with van der Waals surface area (Å²) in [6, 6.07) is 27.6. The van der Waals surface area contributed by atoms with Crippen LogP contribution in [-0.4, -0.2) is 43.8 Å². The zero-order valence-electron chi connectivity index (χ0n) is 25.7. The molecule has 1 aliphatic carbocycles. The second-order valence-corrected chi connectivity index (χ2v) is 14.7. The topological polar surface area (TPSA) is 86.8 Å². The van der Waals surface area contributed by atoms with Gasteiger partial charge in [0.1, 0.15) is 12.6 Å². The highest BCUT2D eigenvalue weighted by molar-refractivity contribution is 7.92. The van der Waals surface area contributed by atoms with Crippen LogP contribution in [0.15, 0.2) is 108 Å². The van der Waals surface area contributed by atoms with Crippen LogP contribution in [0.3, 0.4) is 0 Å². The van der Waals surface area contributed by atoms with Crippen molar-refractivity contribution < 1.29 is 18.0 Å². The fourth-order valence-electron chi connectivity index (χ4n) is 5.79. The summed E-state index contributed by atoms with van der Waals surface area (Å²) in [5.41, 5.74) is 1.72. The van der Waals surface area contributed by atoms with Gasteiger partial charge in [0.05, 0.1) is 10.6 Å². The van der Waals surface area contributed by atoms with Crippen LogP contribution in [0.2, 0.25) is 15.1 Å². The number of hydrogen-bond donors (Lipinski definition) is 1. The van der Waals surface area contributed by atoms with Crippen molar-refractivity contribution in [1.82, 2.24) is 10.2 Å². The van der Waals surface area contributed by atoms with Crippen molar-refractivity contribution in [3.05, 3.63) is 129 Å². The third-order valence-corrected chi connectivity index (χ3v) is 10.9. The summed E-state index contributed by atoms with van der Waals surface area (Å²) in [5, 5.41) is 4.34. The number of benzene rings is 4. The van der Waals surface area contributed by atoms with Crippen LogP contribution in [0.4, 0.5) is 5.69 Å². The number of carbonyl (C=O) groups is 2. The number of rotatable bonds is 12. The molecule has 246 valence electrons. The predicted octanol–water partition coefficient (Wildman–Crippen LogP) is 7.93. The van der Waals surface area contributed by atoms with Gasteiger partial charge in [0, 0.05) is 34.1 Å². The van der Waals surface area contributed by atoms with Crippen LogP contribution < -0.4 is 9.62 Å². The number of para-hydroxylation sites is 1. The summed E-state index contributed by atoms with van der Waals surface area (Å²) >= 11 is 18.9. The van der Waals surface area contributed by atoms with Crippen LogP contribution in [-0.2, 0) is 32.6 Å². The molecular weight excluding hydrogens is 677 g/mol. The van der Waals surface area contributed by atoms with Gasteiger partial charge in [-0.1, -0.05) is 109 Å². The molecule has 0 spiro atoms. The van der Waals surface area contributed by atoms with E-state index >= 15 is 0 Å². The maximum atomic E-state index is 14.6. The second-order valence-electron chi connectivity index (χ2n) is 11.6. The lowest BCUT2D eigenvalue weighted by Crippen LogP contribution is -2.55. The minimum absolute atomic E-state index is 0.00306. The molecule has 5 rings (SSSR count). The monoisotopic (exact) mass is 711 g/mol. The lowest BCUT2D eigenvalue weighted by Gasteiger charge is -2.35. The van der Waals surface area contributed by atoms with Crippen molar-refractivity contribution in [2.45, 2.75) is 62.0 Å². The van der Waals surface area contributed by atoms with E-state index in [0.717, 1.165) is 42.0 Å². The van der Waals surface area contributed by atoms with E-state index < -0.39 is 28.5 Å².